The highest BCUT2D eigenvalue weighted by molar-refractivity contribution is 6.30. The van der Waals surface area contributed by atoms with Crippen molar-refractivity contribution in [1.82, 2.24) is 0 Å². The van der Waals surface area contributed by atoms with Gasteiger partial charge in [-0.1, -0.05) is 24.3 Å². The number of methoxy groups -OCH3 is 2. The van der Waals surface area contributed by atoms with Gasteiger partial charge in [0.1, 0.15) is 5.88 Å². The SMILES string of the molecule is COc1ccc2c(N(C)C(=O)CCl)cc3ccccc3c2c1OC. The maximum Gasteiger partial charge on any atom is 0.241 e. The lowest BCUT2D eigenvalue weighted by Crippen LogP contribution is -2.27. The minimum absolute atomic E-state index is 0.0713. The minimum atomic E-state index is -0.164. The summed E-state index contributed by atoms with van der Waals surface area (Å²) in [6.45, 7) is 0. The van der Waals surface area contributed by atoms with Gasteiger partial charge in [-0.3, -0.25) is 4.79 Å². The van der Waals surface area contributed by atoms with Crippen LogP contribution in [0, 0.1) is 0 Å². The van der Waals surface area contributed by atoms with E-state index < -0.39 is 0 Å². The molecule has 0 saturated carbocycles. The van der Waals surface area contributed by atoms with Crippen molar-refractivity contribution in [1.29, 1.82) is 0 Å². The summed E-state index contributed by atoms with van der Waals surface area (Å²) < 4.78 is 11.1. The van der Waals surface area contributed by atoms with E-state index in [1.165, 1.54) is 0 Å². The second-order valence-corrected chi connectivity index (χ2v) is 5.69. The predicted octanol–water partition coefficient (Wildman–Crippen LogP) is 4.21. The Hall–Kier alpha value is -2.46. The topological polar surface area (TPSA) is 38.8 Å². The molecule has 0 unspecified atom stereocenters. The van der Waals surface area contributed by atoms with E-state index in [1.807, 2.05) is 42.5 Å². The number of rotatable bonds is 4. The molecule has 0 heterocycles. The first-order valence-electron chi connectivity index (χ1n) is 7.51. The molecule has 0 bridgehead atoms. The van der Waals surface area contributed by atoms with Crippen LogP contribution in [0.1, 0.15) is 0 Å². The molecule has 0 radical (unpaired) electrons. The number of hydrogen-bond acceptors (Lipinski definition) is 3. The third kappa shape index (κ3) is 2.53. The number of carbonyl (C=O) groups is 1. The average Bonchev–Trinajstić information content (AvgIpc) is 2.64. The lowest BCUT2D eigenvalue weighted by molar-refractivity contribution is -0.116. The molecule has 0 atom stereocenters. The fourth-order valence-corrected chi connectivity index (χ4v) is 3.16. The Kier molecular flexibility index (Phi) is 4.49. The summed E-state index contributed by atoms with van der Waals surface area (Å²) in [6, 6.07) is 13.8. The van der Waals surface area contributed by atoms with Gasteiger partial charge in [-0.25, -0.2) is 0 Å². The highest BCUT2D eigenvalue weighted by Crippen LogP contribution is 2.43. The summed E-state index contributed by atoms with van der Waals surface area (Å²) in [6.07, 6.45) is 0. The third-order valence-electron chi connectivity index (χ3n) is 4.19. The first-order chi connectivity index (χ1) is 11.6. The zero-order valence-corrected chi connectivity index (χ0v) is 14.6. The lowest BCUT2D eigenvalue weighted by atomic mass is 9.98. The number of hydrogen-bond donors (Lipinski definition) is 0. The quantitative estimate of drug-likeness (QED) is 0.526. The molecule has 4 nitrogen and oxygen atoms in total. The Labute approximate surface area is 145 Å². The first kappa shape index (κ1) is 16.4. The van der Waals surface area contributed by atoms with Crippen LogP contribution in [0.2, 0.25) is 0 Å². The van der Waals surface area contributed by atoms with Gasteiger partial charge >= 0.3 is 0 Å². The minimum Gasteiger partial charge on any atom is -0.493 e. The smallest absolute Gasteiger partial charge is 0.241 e. The van der Waals surface area contributed by atoms with Crippen molar-refractivity contribution in [3.8, 4) is 11.5 Å². The van der Waals surface area contributed by atoms with E-state index in [1.54, 1.807) is 26.2 Å². The van der Waals surface area contributed by atoms with Crippen molar-refractivity contribution in [2.75, 3.05) is 32.0 Å². The van der Waals surface area contributed by atoms with E-state index in [9.17, 15) is 4.79 Å². The normalized spacial score (nSPS) is 10.8. The summed E-state index contributed by atoms with van der Waals surface area (Å²) in [4.78, 5) is 13.7. The van der Waals surface area contributed by atoms with Crippen LogP contribution in [0.3, 0.4) is 0 Å². The van der Waals surface area contributed by atoms with Crippen LogP contribution in [0.4, 0.5) is 5.69 Å². The number of ether oxygens (including phenoxy) is 2. The molecular formula is C19H18ClNO3. The maximum absolute atomic E-state index is 12.1. The van der Waals surface area contributed by atoms with Crippen molar-refractivity contribution in [3.05, 3.63) is 42.5 Å². The number of alkyl halides is 1. The van der Waals surface area contributed by atoms with Crippen molar-refractivity contribution >= 4 is 44.7 Å². The largest absolute Gasteiger partial charge is 0.493 e. The second kappa shape index (κ2) is 6.57. The molecule has 0 fully saturated rings. The van der Waals surface area contributed by atoms with Crippen LogP contribution >= 0.6 is 11.6 Å². The van der Waals surface area contributed by atoms with Crippen LogP contribution in [-0.4, -0.2) is 33.1 Å². The molecule has 3 aromatic rings. The highest BCUT2D eigenvalue weighted by Gasteiger charge is 2.19. The zero-order valence-electron chi connectivity index (χ0n) is 13.8. The van der Waals surface area contributed by atoms with Gasteiger partial charge < -0.3 is 14.4 Å². The molecule has 1 amide bonds. The standard InChI is InChI=1S/C19H18ClNO3/c1-21(17(22)11-20)15-10-12-6-4-5-7-13(12)18-14(15)8-9-16(23-2)19(18)24-3/h4-10H,11H2,1-3H3. The second-order valence-electron chi connectivity index (χ2n) is 5.43. The van der Waals surface area contributed by atoms with E-state index in [4.69, 9.17) is 21.1 Å². The summed E-state index contributed by atoms with van der Waals surface area (Å²) in [5.74, 6) is 1.07. The van der Waals surface area contributed by atoms with Crippen molar-refractivity contribution in [2.24, 2.45) is 0 Å². The summed E-state index contributed by atoms with van der Waals surface area (Å²) in [5, 5.41) is 3.88. The van der Waals surface area contributed by atoms with Crippen LogP contribution in [0.15, 0.2) is 42.5 Å². The molecule has 0 saturated heterocycles. The first-order valence-corrected chi connectivity index (χ1v) is 8.04. The fraction of sp³-hybridized carbons (Fsp3) is 0.211. The van der Waals surface area contributed by atoms with Crippen molar-refractivity contribution in [2.45, 2.75) is 0 Å². The number of anilines is 1. The molecule has 0 aliphatic rings. The lowest BCUT2D eigenvalue weighted by Gasteiger charge is -2.21. The summed E-state index contributed by atoms with van der Waals surface area (Å²) >= 11 is 5.74. The molecule has 0 aliphatic heterocycles. The number of nitrogens with zero attached hydrogens (tertiary/aromatic N) is 1. The monoisotopic (exact) mass is 343 g/mol. The average molecular weight is 344 g/mol. The van der Waals surface area contributed by atoms with Gasteiger partial charge in [-0.2, -0.15) is 0 Å². The fourth-order valence-electron chi connectivity index (χ4n) is 2.98. The predicted molar refractivity (Wildman–Crippen MR) is 98.7 cm³/mol. The Bertz CT molecular complexity index is 923. The van der Waals surface area contributed by atoms with E-state index >= 15 is 0 Å². The van der Waals surface area contributed by atoms with E-state index in [0.717, 1.165) is 27.2 Å². The van der Waals surface area contributed by atoms with Gasteiger partial charge in [0.05, 0.1) is 19.9 Å². The van der Waals surface area contributed by atoms with Gasteiger partial charge in [-0.05, 0) is 29.0 Å². The van der Waals surface area contributed by atoms with Crippen LogP contribution in [0.5, 0.6) is 11.5 Å². The zero-order chi connectivity index (χ0) is 17.3. The molecule has 0 aromatic heterocycles. The number of carbonyl (C=O) groups excluding carboxylic acids is 1. The molecule has 5 heteroatoms. The number of amides is 1. The molecule has 3 aromatic carbocycles. The maximum atomic E-state index is 12.1. The van der Waals surface area contributed by atoms with Crippen LogP contribution in [-0.2, 0) is 4.79 Å². The van der Waals surface area contributed by atoms with Crippen LogP contribution < -0.4 is 14.4 Å². The van der Waals surface area contributed by atoms with E-state index in [0.29, 0.717) is 11.5 Å². The molecule has 0 aliphatic carbocycles. The Morgan fingerprint density at radius 3 is 2.50 bits per heavy atom. The molecule has 3 rings (SSSR count). The Morgan fingerprint density at radius 1 is 1.08 bits per heavy atom. The summed E-state index contributed by atoms with van der Waals surface area (Å²) in [7, 11) is 4.95. The summed E-state index contributed by atoms with van der Waals surface area (Å²) in [5.41, 5.74) is 0.787. The van der Waals surface area contributed by atoms with Crippen molar-refractivity contribution < 1.29 is 14.3 Å². The van der Waals surface area contributed by atoms with E-state index in [-0.39, 0.29) is 11.8 Å². The molecule has 0 N–H and O–H groups in total. The van der Waals surface area contributed by atoms with Gasteiger partial charge in [0, 0.05) is 17.8 Å². The number of halogens is 1. The van der Waals surface area contributed by atoms with Gasteiger partial charge in [-0.15, -0.1) is 11.6 Å². The number of benzene rings is 3. The Balaban J connectivity index is 2.47. The Morgan fingerprint density at radius 2 is 1.83 bits per heavy atom. The van der Waals surface area contributed by atoms with Crippen molar-refractivity contribution in [3.63, 3.8) is 0 Å². The molecule has 24 heavy (non-hydrogen) atoms. The van der Waals surface area contributed by atoms with Gasteiger partial charge in [0.2, 0.25) is 5.91 Å². The molecule has 0 spiro atoms. The molecule has 124 valence electrons. The highest BCUT2D eigenvalue weighted by atomic mass is 35.5. The van der Waals surface area contributed by atoms with E-state index in [2.05, 4.69) is 0 Å². The molecular weight excluding hydrogens is 326 g/mol. The van der Waals surface area contributed by atoms with Gasteiger partial charge in [0.15, 0.2) is 11.5 Å². The number of fused-ring (bicyclic) bond motifs is 3. The van der Waals surface area contributed by atoms with Gasteiger partial charge in [0.25, 0.3) is 0 Å². The van der Waals surface area contributed by atoms with Crippen LogP contribution in [0.25, 0.3) is 21.5 Å². The third-order valence-corrected chi connectivity index (χ3v) is 4.42.